The lowest BCUT2D eigenvalue weighted by Gasteiger charge is -2.26. The third-order valence-corrected chi connectivity index (χ3v) is 8.37. The van der Waals surface area contributed by atoms with E-state index in [0.717, 1.165) is 50.5 Å². The van der Waals surface area contributed by atoms with Gasteiger partial charge in [0.25, 0.3) is 10.1 Å². The molecule has 178 valence electrons. The summed E-state index contributed by atoms with van der Waals surface area (Å²) < 4.78 is 34.8. The van der Waals surface area contributed by atoms with Crippen molar-refractivity contribution in [1.29, 1.82) is 0 Å². The number of benzene rings is 2. The summed E-state index contributed by atoms with van der Waals surface area (Å²) in [6.07, 6.45) is 6.39. The van der Waals surface area contributed by atoms with E-state index < -0.39 is 10.1 Å². The summed E-state index contributed by atoms with van der Waals surface area (Å²) in [4.78, 5) is 11.7. The van der Waals surface area contributed by atoms with Crippen molar-refractivity contribution >= 4 is 16.2 Å². The second-order valence-corrected chi connectivity index (χ2v) is 11.0. The van der Waals surface area contributed by atoms with Crippen LogP contribution in [0.4, 0.5) is 4.79 Å². The van der Waals surface area contributed by atoms with Crippen LogP contribution in [-0.4, -0.2) is 34.3 Å². The van der Waals surface area contributed by atoms with Crippen molar-refractivity contribution in [3.05, 3.63) is 64.7 Å². The summed E-state index contributed by atoms with van der Waals surface area (Å²) in [5.74, 6) is 0.896. The Kier molecular flexibility index (Phi) is 7.39. The maximum Gasteiger partial charge on any atom is 0.407 e. The molecular formula is C26H33NO5S. The number of carbonyl (C=O) groups is 1. The fourth-order valence-corrected chi connectivity index (χ4v) is 6.01. The van der Waals surface area contributed by atoms with Crippen LogP contribution in [0.5, 0.6) is 0 Å². The van der Waals surface area contributed by atoms with Crippen LogP contribution in [0, 0.1) is 12.8 Å². The Labute approximate surface area is 196 Å². The molecule has 2 aliphatic rings. The number of amides is 1. The second-order valence-electron chi connectivity index (χ2n) is 9.36. The van der Waals surface area contributed by atoms with Gasteiger partial charge in [-0.15, -0.1) is 0 Å². The molecule has 0 aliphatic heterocycles. The highest BCUT2D eigenvalue weighted by Crippen LogP contribution is 2.37. The summed E-state index contributed by atoms with van der Waals surface area (Å²) in [5.41, 5.74) is 5.14. The third-order valence-electron chi connectivity index (χ3n) is 7.05. The van der Waals surface area contributed by atoms with Crippen LogP contribution in [0.15, 0.2) is 47.4 Å². The van der Waals surface area contributed by atoms with E-state index in [2.05, 4.69) is 23.5 Å². The highest BCUT2D eigenvalue weighted by atomic mass is 32.2. The van der Waals surface area contributed by atoms with Crippen LogP contribution in [0.25, 0.3) is 0 Å². The number of hydrogen-bond acceptors (Lipinski definition) is 5. The zero-order valence-corrected chi connectivity index (χ0v) is 20.2. The molecule has 2 aliphatic carbocycles. The first-order valence-electron chi connectivity index (χ1n) is 11.8. The zero-order valence-electron chi connectivity index (χ0n) is 19.4. The molecule has 1 amide bonds. The van der Waals surface area contributed by atoms with Gasteiger partial charge in [0.2, 0.25) is 0 Å². The first kappa shape index (κ1) is 23.8. The Morgan fingerprint density at radius 3 is 2.61 bits per heavy atom. The van der Waals surface area contributed by atoms with Crippen LogP contribution >= 0.6 is 0 Å². The van der Waals surface area contributed by atoms with E-state index in [9.17, 15) is 13.2 Å². The standard InChI is InChI=1S/C26H33NO5S/c1-18-3-11-25(12-4-18)33(29,30)32-14-13-19-5-6-21-16-22(8-7-20(21)15-19)23-9-10-24(17-23)27-26(28)31-2/h3-4,7-8,11-12,16,19,23-24H,5-6,9-10,13-15,17H2,1-2H3,(H,27,28)/t19-,23?,24-/m1/s1. The van der Waals surface area contributed by atoms with E-state index in [0.29, 0.717) is 11.8 Å². The molecule has 0 heterocycles. The number of ether oxygens (including phenoxy) is 1. The summed E-state index contributed by atoms with van der Waals surface area (Å²) in [7, 11) is -2.31. The summed E-state index contributed by atoms with van der Waals surface area (Å²) >= 11 is 0. The topological polar surface area (TPSA) is 81.7 Å². The highest BCUT2D eigenvalue weighted by Gasteiger charge is 2.28. The van der Waals surface area contributed by atoms with Crippen molar-refractivity contribution in [3.63, 3.8) is 0 Å². The van der Waals surface area contributed by atoms with E-state index in [-0.39, 0.29) is 23.6 Å². The zero-order chi connectivity index (χ0) is 23.4. The minimum absolute atomic E-state index is 0.180. The fourth-order valence-electron chi connectivity index (χ4n) is 5.09. The SMILES string of the molecule is COC(=O)N[C@@H]1CCC(c2ccc3c(c2)CC[C@H](CCOS(=O)(=O)c2ccc(C)cc2)C3)C1. The maximum atomic E-state index is 12.4. The van der Waals surface area contributed by atoms with Crippen molar-refractivity contribution in [2.75, 3.05) is 13.7 Å². The second kappa shape index (κ2) is 10.3. The Morgan fingerprint density at radius 1 is 1.06 bits per heavy atom. The molecule has 4 rings (SSSR count). The van der Waals surface area contributed by atoms with Gasteiger partial charge in [0.05, 0.1) is 18.6 Å². The van der Waals surface area contributed by atoms with Crippen LogP contribution in [-0.2, 0) is 31.9 Å². The van der Waals surface area contributed by atoms with Gasteiger partial charge in [0.1, 0.15) is 0 Å². The number of methoxy groups -OCH3 is 1. The molecule has 7 heteroatoms. The van der Waals surface area contributed by atoms with Gasteiger partial charge in [-0.2, -0.15) is 8.42 Å². The van der Waals surface area contributed by atoms with Gasteiger partial charge in [0.15, 0.2) is 0 Å². The largest absolute Gasteiger partial charge is 0.453 e. The van der Waals surface area contributed by atoms with Crippen molar-refractivity contribution in [2.45, 2.75) is 68.7 Å². The Balaban J connectivity index is 1.29. The average molecular weight is 472 g/mol. The number of hydrogen-bond donors (Lipinski definition) is 1. The number of nitrogens with one attached hydrogen (secondary N) is 1. The van der Waals surface area contributed by atoms with Gasteiger partial charge in [0, 0.05) is 6.04 Å². The molecule has 0 radical (unpaired) electrons. The quantitative estimate of drug-likeness (QED) is 0.582. The van der Waals surface area contributed by atoms with Crippen LogP contribution in [0.1, 0.15) is 60.3 Å². The number of alkyl carbamates (subject to hydrolysis) is 1. The van der Waals surface area contributed by atoms with Crippen molar-refractivity contribution in [3.8, 4) is 0 Å². The predicted octanol–water partition coefficient (Wildman–Crippen LogP) is 4.89. The highest BCUT2D eigenvalue weighted by molar-refractivity contribution is 7.86. The fraction of sp³-hybridized carbons (Fsp3) is 0.500. The summed E-state index contributed by atoms with van der Waals surface area (Å²) in [6.45, 7) is 2.14. The molecule has 33 heavy (non-hydrogen) atoms. The monoisotopic (exact) mass is 471 g/mol. The molecule has 0 bridgehead atoms. The molecule has 2 aromatic carbocycles. The number of aryl methyl sites for hydroxylation is 2. The van der Waals surface area contributed by atoms with Gasteiger partial charge in [-0.1, -0.05) is 35.9 Å². The van der Waals surface area contributed by atoms with E-state index in [1.165, 1.54) is 23.8 Å². The lowest BCUT2D eigenvalue weighted by molar-refractivity contribution is 0.166. The van der Waals surface area contributed by atoms with Gasteiger partial charge in [-0.3, -0.25) is 4.18 Å². The van der Waals surface area contributed by atoms with Crippen molar-refractivity contribution in [1.82, 2.24) is 5.32 Å². The van der Waals surface area contributed by atoms with E-state index in [1.807, 2.05) is 6.92 Å². The molecule has 1 N–H and O–H groups in total. The van der Waals surface area contributed by atoms with Gasteiger partial charge >= 0.3 is 6.09 Å². The smallest absolute Gasteiger partial charge is 0.407 e. The summed E-state index contributed by atoms with van der Waals surface area (Å²) in [6, 6.07) is 13.7. The predicted molar refractivity (Wildman–Crippen MR) is 127 cm³/mol. The molecule has 1 unspecified atom stereocenters. The molecule has 0 spiro atoms. The van der Waals surface area contributed by atoms with Gasteiger partial charge < -0.3 is 10.1 Å². The minimum Gasteiger partial charge on any atom is -0.453 e. The van der Waals surface area contributed by atoms with E-state index in [1.54, 1.807) is 24.3 Å². The number of carbonyl (C=O) groups excluding carboxylic acids is 1. The van der Waals surface area contributed by atoms with Crippen LogP contribution in [0.3, 0.4) is 0 Å². The molecule has 1 fully saturated rings. The lowest BCUT2D eigenvalue weighted by atomic mass is 9.80. The molecule has 0 aromatic heterocycles. The Bertz CT molecular complexity index is 1080. The third kappa shape index (κ3) is 5.95. The van der Waals surface area contributed by atoms with Gasteiger partial charge in [-0.05, 0) is 92.5 Å². The Hall–Kier alpha value is -2.38. The van der Waals surface area contributed by atoms with Crippen LogP contribution < -0.4 is 5.32 Å². The van der Waals surface area contributed by atoms with Gasteiger partial charge in [-0.25, -0.2) is 4.79 Å². The molecular weight excluding hydrogens is 438 g/mol. The first-order chi connectivity index (χ1) is 15.8. The van der Waals surface area contributed by atoms with Crippen LogP contribution in [0.2, 0.25) is 0 Å². The Morgan fingerprint density at radius 2 is 1.85 bits per heavy atom. The van der Waals surface area contributed by atoms with E-state index in [4.69, 9.17) is 8.92 Å². The first-order valence-corrected chi connectivity index (χ1v) is 13.2. The lowest BCUT2D eigenvalue weighted by Crippen LogP contribution is -2.32. The molecule has 0 saturated heterocycles. The molecule has 6 nitrogen and oxygen atoms in total. The average Bonchev–Trinajstić information content (AvgIpc) is 3.27. The molecule has 1 saturated carbocycles. The maximum absolute atomic E-state index is 12.4. The van der Waals surface area contributed by atoms with Crippen molar-refractivity contribution in [2.24, 2.45) is 5.92 Å². The molecule has 2 aromatic rings. The van der Waals surface area contributed by atoms with Crippen molar-refractivity contribution < 1.29 is 22.1 Å². The normalized spacial score (nSPS) is 22.5. The number of fused-ring (bicyclic) bond motifs is 1. The molecule has 3 atom stereocenters. The number of rotatable bonds is 7. The van der Waals surface area contributed by atoms with E-state index >= 15 is 0 Å². The minimum atomic E-state index is -3.70. The summed E-state index contributed by atoms with van der Waals surface area (Å²) in [5, 5.41) is 2.92.